The van der Waals surface area contributed by atoms with Gasteiger partial charge in [-0.3, -0.25) is 0 Å². The van der Waals surface area contributed by atoms with Crippen molar-refractivity contribution in [1.82, 2.24) is 10.2 Å². The lowest BCUT2D eigenvalue weighted by Crippen LogP contribution is -2.45. The maximum atomic E-state index is 3.71. The first kappa shape index (κ1) is 16.0. The highest BCUT2D eigenvalue weighted by molar-refractivity contribution is 7.09. The van der Waals surface area contributed by atoms with Crippen LogP contribution in [0.2, 0.25) is 0 Å². The molecule has 3 heteroatoms. The fourth-order valence-electron chi connectivity index (χ4n) is 3.48. The van der Waals surface area contributed by atoms with E-state index in [0.29, 0.717) is 0 Å². The molecule has 20 heavy (non-hydrogen) atoms. The Balaban J connectivity index is 1.79. The first-order chi connectivity index (χ1) is 9.69. The Bertz CT molecular complexity index is 363. The number of rotatable bonds is 7. The van der Waals surface area contributed by atoms with Gasteiger partial charge in [0.15, 0.2) is 0 Å². The van der Waals surface area contributed by atoms with E-state index in [9.17, 15) is 0 Å². The Morgan fingerprint density at radius 1 is 1.40 bits per heavy atom. The van der Waals surface area contributed by atoms with Crippen molar-refractivity contribution in [2.75, 3.05) is 26.7 Å². The fraction of sp³-hybridized carbons (Fsp3) is 0.765. The second kappa shape index (κ2) is 8.16. The summed E-state index contributed by atoms with van der Waals surface area (Å²) in [5.74, 6) is 1.73. The van der Waals surface area contributed by atoms with Gasteiger partial charge >= 0.3 is 0 Å². The van der Waals surface area contributed by atoms with Gasteiger partial charge in [-0.15, -0.1) is 11.3 Å². The van der Waals surface area contributed by atoms with E-state index in [-0.39, 0.29) is 0 Å². The van der Waals surface area contributed by atoms with Crippen molar-refractivity contribution >= 4 is 11.3 Å². The lowest BCUT2D eigenvalue weighted by Gasteiger charge is -2.37. The average Bonchev–Trinajstić information content (AvgIpc) is 2.93. The van der Waals surface area contributed by atoms with E-state index in [2.05, 4.69) is 48.6 Å². The van der Waals surface area contributed by atoms with Gasteiger partial charge in [0.25, 0.3) is 0 Å². The minimum Gasteiger partial charge on any atom is -0.314 e. The molecule has 114 valence electrons. The Hall–Kier alpha value is -0.380. The van der Waals surface area contributed by atoms with Crippen LogP contribution in [0.3, 0.4) is 0 Å². The molecule has 0 spiro atoms. The molecule has 1 saturated carbocycles. The van der Waals surface area contributed by atoms with Gasteiger partial charge in [-0.2, -0.15) is 0 Å². The van der Waals surface area contributed by atoms with Crippen LogP contribution in [-0.2, 0) is 6.42 Å². The summed E-state index contributed by atoms with van der Waals surface area (Å²) in [5.41, 5.74) is 0. The predicted molar refractivity (Wildman–Crippen MR) is 89.5 cm³/mol. The molecule has 1 heterocycles. The van der Waals surface area contributed by atoms with Crippen LogP contribution in [0, 0.1) is 11.8 Å². The van der Waals surface area contributed by atoms with E-state index < -0.39 is 0 Å². The van der Waals surface area contributed by atoms with Gasteiger partial charge < -0.3 is 10.2 Å². The van der Waals surface area contributed by atoms with Crippen LogP contribution >= 0.6 is 11.3 Å². The third kappa shape index (κ3) is 4.87. The molecule has 1 aromatic rings. The number of nitrogens with zero attached hydrogens (tertiary/aromatic N) is 1. The number of thiophene rings is 1. The molecule has 2 rings (SSSR count). The summed E-state index contributed by atoms with van der Waals surface area (Å²) in [4.78, 5) is 4.05. The van der Waals surface area contributed by atoms with Crippen LogP contribution in [0.15, 0.2) is 17.5 Å². The average molecular weight is 295 g/mol. The molecule has 0 amide bonds. The molecule has 0 radical (unpaired) electrons. The Morgan fingerprint density at radius 2 is 2.25 bits per heavy atom. The van der Waals surface area contributed by atoms with Crippen molar-refractivity contribution < 1.29 is 0 Å². The molecule has 1 fully saturated rings. The Labute approximate surface area is 128 Å². The van der Waals surface area contributed by atoms with Crippen LogP contribution in [0.25, 0.3) is 0 Å². The van der Waals surface area contributed by atoms with E-state index >= 15 is 0 Å². The quantitative estimate of drug-likeness (QED) is 0.826. The standard InChI is InChI=1S/C17H30N2S/c1-4-18-17-8-7-14(2)12-15(17)13-19(3)10-9-16-6-5-11-20-16/h5-6,11,14-15,17-18H,4,7-10,12-13H2,1-3H3. The van der Waals surface area contributed by atoms with E-state index in [0.717, 1.165) is 24.4 Å². The van der Waals surface area contributed by atoms with E-state index in [1.165, 1.54) is 43.6 Å². The summed E-state index contributed by atoms with van der Waals surface area (Å²) in [6.07, 6.45) is 5.34. The molecule has 0 aromatic carbocycles. The van der Waals surface area contributed by atoms with Gasteiger partial charge in [0, 0.05) is 24.0 Å². The smallest absolute Gasteiger partial charge is 0.0108 e. The Morgan fingerprint density at radius 3 is 2.95 bits per heavy atom. The first-order valence-corrected chi connectivity index (χ1v) is 9.01. The van der Waals surface area contributed by atoms with Crippen LogP contribution < -0.4 is 5.32 Å². The summed E-state index contributed by atoms with van der Waals surface area (Å²) >= 11 is 1.88. The molecule has 0 bridgehead atoms. The summed E-state index contributed by atoms with van der Waals surface area (Å²) in [6.45, 7) is 8.18. The van der Waals surface area contributed by atoms with Gasteiger partial charge in [0.05, 0.1) is 0 Å². The van der Waals surface area contributed by atoms with Crippen molar-refractivity contribution in [1.29, 1.82) is 0 Å². The summed E-state index contributed by atoms with van der Waals surface area (Å²) in [5, 5.41) is 5.89. The van der Waals surface area contributed by atoms with Gasteiger partial charge in [-0.25, -0.2) is 0 Å². The highest BCUT2D eigenvalue weighted by atomic mass is 32.1. The maximum Gasteiger partial charge on any atom is 0.0108 e. The zero-order valence-corrected chi connectivity index (χ0v) is 14.1. The molecular formula is C17H30N2S. The van der Waals surface area contributed by atoms with Crippen LogP contribution in [-0.4, -0.2) is 37.6 Å². The third-order valence-corrected chi connectivity index (χ3v) is 5.51. The highest BCUT2D eigenvalue weighted by Crippen LogP contribution is 2.29. The van der Waals surface area contributed by atoms with E-state index in [1.54, 1.807) is 0 Å². The summed E-state index contributed by atoms with van der Waals surface area (Å²) in [7, 11) is 2.29. The SMILES string of the molecule is CCNC1CCC(C)CC1CN(C)CCc1cccs1. The molecular weight excluding hydrogens is 264 g/mol. The van der Waals surface area contributed by atoms with Gasteiger partial charge in [-0.05, 0) is 62.6 Å². The number of nitrogens with one attached hydrogen (secondary N) is 1. The van der Waals surface area contributed by atoms with Crippen molar-refractivity contribution in [2.45, 2.75) is 45.6 Å². The fourth-order valence-corrected chi connectivity index (χ4v) is 4.18. The summed E-state index contributed by atoms with van der Waals surface area (Å²) in [6, 6.07) is 5.15. The highest BCUT2D eigenvalue weighted by Gasteiger charge is 2.28. The van der Waals surface area contributed by atoms with Crippen LogP contribution in [0.4, 0.5) is 0 Å². The monoisotopic (exact) mass is 294 g/mol. The van der Waals surface area contributed by atoms with E-state index in [1.807, 2.05) is 11.3 Å². The molecule has 0 saturated heterocycles. The molecule has 3 atom stereocenters. The zero-order chi connectivity index (χ0) is 14.4. The Kier molecular flexibility index (Phi) is 6.53. The van der Waals surface area contributed by atoms with Gasteiger partial charge in [0.1, 0.15) is 0 Å². The molecule has 1 aliphatic rings. The van der Waals surface area contributed by atoms with Crippen molar-refractivity contribution in [3.05, 3.63) is 22.4 Å². The third-order valence-electron chi connectivity index (χ3n) is 4.58. The lowest BCUT2D eigenvalue weighted by atomic mass is 9.78. The van der Waals surface area contributed by atoms with Crippen molar-refractivity contribution in [3.8, 4) is 0 Å². The number of likely N-dealkylation sites (N-methyl/N-ethyl adjacent to an activating group) is 1. The minimum atomic E-state index is 0.736. The van der Waals surface area contributed by atoms with Crippen LogP contribution in [0.5, 0.6) is 0 Å². The predicted octanol–water partition coefficient (Wildman–Crippen LogP) is 3.64. The molecule has 1 N–H and O–H groups in total. The van der Waals surface area contributed by atoms with Crippen molar-refractivity contribution in [3.63, 3.8) is 0 Å². The second-order valence-corrected chi connectivity index (χ2v) is 7.47. The van der Waals surface area contributed by atoms with Crippen LogP contribution in [0.1, 0.15) is 38.0 Å². The minimum absolute atomic E-state index is 0.736. The van der Waals surface area contributed by atoms with Crippen molar-refractivity contribution in [2.24, 2.45) is 11.8 Å². The van der Waals surface area contributed by atoms with Gasteiger partial charge in [0.2, 0.25) is 0 Å². The lowest BCUT2D eigenvalue weighted by molar-refractivity contribution is 0.162. The van der Waals surface area contributed by atoms with E-state index in [4.69, 9.17) is 0 Å². The maximum absolute atomic E-state index is 3.71. The number of hydrogen-bond acceptors (Lipinski definition) is 3. The molecule has 1 aromatic heterocycles. The molecule has 1 aliphatic carbocycles. The molecule has 3 unspecified atom stereocenters. The largest absolute Gasteiger partial charge is 0.314 e. The van der Waals surface area contributed by atoms with Gasteiger partial charge in [-0.1, -0.05) is 19.9 Å². The molecule has 2 nitrogen and oxygen atoms in total. The normalized spacial score (nSPS) is 27.1. The zero-order valence-electron chi connectivity index (χ0n) is 13.3. The molecule has 0 aliphatic heterocycles. The topological polar surface area (TPSA) is 15.3 Å². The first-order valence-electron chi connectivity index (χ1n) is 8.13. The summed E-state index contributed by atoms with van der Waals surface area (Å²) < 4.78 is 0. The number of hydrogen-bond donors (Lipinski definition) is 1. The second-order valence-electron chi connectivity index (χ2n) is 6.43.